The molecule has 0 saturated carbocycles. The Morgan fingerprint density at radius 3 is 3.07 bits per heavy atom. The zero-order valence-electron chi connectivity index (χ0n) is 7.69. The normalized spacial score (nSPS) is 20.2. The molecule has 74 valence electrons. The van der Waals surface area contributed by atoms with Gasteiger partial charge in [-0.2, -0.15) is 5.10 Å². The number of nitrogens with one attached hydrogen (secondary N) is 1. The zero-order chi connectivity index (χ0) is 10.1. The average molecular weight is 194 g/mol. The zero-order valence-corrected chi connectivity index (χ0v) is 7.69. The summed E-state index contributed by atoms with van der Waals surface area (Å²) >= 11 is 0. The lowest BCUT2D eigenvalue weighted by molar-refractivity contribution is -0.139. The van der Waals surface area contributed by atoms with Crippen LogP contribution in [0.1, 0.15) is 23.1 Å². The molecule has 6 heteroatoms. The fourth-order valence-corrected chi connectivity index (χ4v) is 1.49. The number of carbonyl (C=O) groups is 1. The van der Waals surface area contributed by atoms with Crippen LogP contribution in [0.25, 0.3) is 0 Å². The van der Waals surface area contributed by atoms with Gasteiger partial charge in [-0.15, -0.1) is 5.10 Å². The Hall–Kier alpha value is -1.56. The predicted molar refractivity (Wildman–Crippen MR) is 46.6 cm³/mol. The summed E-state index contributed by atoms with van der Waals surface area (Å²) in [6.45, 7) is 2.65. The van der Waals surface area contributed by atoms with E-state index in [1.807, 2.05) is 0 Å². The van der Waals surface area contributed by atoms with Crippen molar-refractivity contribution in [2.24, 2.45) is 0 Å². The molecule has 1 unspecified atom stereocenters. The van der Waals surface area contributed by atoms with E-state index in [1.54, 1.807) is 6.92 Å². The first-order chi connectivity index (χ1) is 6.68. The molecule has 0 saturated heterocycles. The summed E-state index contributed by atoms with van der Waals surface area (Å²) in [4.78, 5) is 15.0. The van der Waals surface area contributed by atoms with Gasteiger partial charge in [-0.3, -0.25) is 4.79 Å². The molecular formula is C8H10N4O2. The summed E-state index contributed by atoms with van der Waals surface area (Å²) in [5, 5.41) is 19.6. The van der Waals surface area contributed by atoms with Crippen molar-refractivity contribution in [3.8, 4) is 0 Å². The third kappa shape index (κ3) is 1.44. The average Bonchev–Trinajstić information content (AvgIpc) is 2.16. The minimum Gasteiger partial charge on any atom is -0.481 e. The number of nitrogens with zero attached hydrogens (tertiary/aromatic N) is 3. The lowest BCUT2D eigenvalue weighted by atomic mass is 10.00. The summed E-state index contributed by atoms with van der Waals surface area (Å²) in [6.07, 6.45) is 0. The van der Waals surface area contributed by atoms with Gasteiger partial charge in [-0.05, 0) is 6.92 Å². The van der Waals surface area contributed by atoms with Crippen LogP contribution in [0.2, 0.25) is 0 Å². The molecule has 0 bridgehead atoms. The van der Waals surface area contributed by atoms with Crippen molar-refractivity contribution in [1.29, 1.82) is 0 Å². The van der Waals surface area contributed by atoms with Crippen LogP contribution in [-0.4, -0.2) is 32.8 Å². The van der Waals surface area contributed by atoms with Crippen LogP contribution in [0.15, 0.2) is 0 Å². The Bertz CT molecular complexity index is 380. The SMILES string of the molecule is Cc1nnc2c(n1)C(C(=O)O)CNC2. The van der Waals surface area contributed by atoms with Crippen LogP contribution in [0.3, 0.4) is 0 Å². The highest BCUT2D eigenvalue weighted by Gasteiger charge is 2.28. The van der Waals surface area contributed by atoms with E-state index >= 15 is 0 Å². The van der Waals surface area contributed by atoms with Crippen molar-refractivity contribution >= 4 is 5.97 Å². The molecule has 0 fully saturated rings. The molecular weight excluding hydrogens is 184 g/mol. The number of carboxylic acids is 1. The van der Waals surface area contributed by atoms with E-state index in [0.29, 0.717) is 30.3 Å². The molecule has 0 spiro atoms. The summed E-state index contributed by atoms with van der Waals surface area (Å²) in [5.41, 5.74) is 1.18. The molecule has 1 aromatic rings. The molecule has 0 amide bonds. The van der Waals surface area contributed by atoms with Gasteiger partial charge in [0.15, 0.2) is 0 Å². The molecule has 1 aliphatic rings. The van der Waals surface area contributed by atoms with Gasteiger partial charge < -0.3 is 10.4 Å². The van der Waals surface area contributed by atoms with Crippen LogP contribution in [0, 0.1) is 6.92 Å². The molecule has 2 N–H and O–H groups in total. The van der Waals surface area contributed by atoms with E-state index in [-0.39, 0.29) is 0 Å². The van der Waals surface area contributed by atoms with E-state index in [2.05, 4.69) is 20.5 Å². The van der Waals surface area contributed by atoms with E-state index in [0.717, 1.165) is 0 Å². The number of aryl methyl sites for hydroxylation is 1. The molecule has 6 nitrogen and oxygen atoms in total. The van der Waals surface area contributed by atoms with Crippen LogP contribution < -0.4 is 5.32 Å². The Balaban J connectivity index is 2.46. The number of fused-ring (bicyclic) bond motifs is 1. The van der Waals surface area contributed by atoms with Gasteiger partial charge in [0.05, 0.1) is 11.4 Å². The predicted octanol–water partition coefficient (Wildman–Crippen LogP) is -0.549. The van der Waals surface area contributed by atoms with Gasteiger partial charge in [-0.25, -0.2) is 4.98 Å². The maximum atomic E-state index is 10.9. The first kappa shape index (κ1) is 9.01. The van der Waals surface area contributed by atoms with E-state index in [4.69, 9.17) is 5.11 Å². The topological polar surface area (TPSA) is 88.0 Å². The smallest absolute Gasteiger partial charge is 0.313 e. The van der Waals surface area contributed by atoms with Crippen molar-refractivity contribution < 1.29 is 9.90 Å². The highest BCUT2D eigenvalue weighted by Crippen LogP contribution is 2.19. The summed E-state index contributed by atoms with van der Waals surface area (Å²) in [6, 6.07) is 0. The molecule has 2 heterocycles. The van der Waals surface area contributed by atoms with Crippen molar-refractivity contribution in [3.63, 3.8) is 0 Å². The van der Waals surface area contributed by atoms with Crippen molar-refractivity contribution in [3.05, 3.63) is 17.2 Å². The van der Waals surface area contributed by atoms with Crippen LogP contribution in [-0.2, 0) is 11.3 Å². The molecule has 0 aliphatic carbocycles. The maximum absolute atomic E-state index is 10.9. The van der Waals surface area contributed by atoms with E-state index in [9.17, 15) is 4.79 Å². The number of hydrogen-bond donors (Lipinski definition) is 2. The third-order valence-electron chi connectivity index (χ3n) is 2.16. The second kappa shape index (κ2) is 3.30. The van der Waals surface area contributed by atoms with Crippen LogP contribution in [0.5, 0.6) is 0 Å². The number of aliphatic carboxylic acids is 1. The second-order valence-corrected chi connectivity index (χ2v) is 3.21. The van der Waals surface area contributed by atoms with Crippen LogP contribution in [0.4, 0.5) is 0 Å². The minimum absolute atomic E-state index is 0.403. The first-order valence-electron chi connectivity index (χ1n) is 4.32. The molecule has 14 heavy (non-hydrogen) atoms. The molecule has 2 rings (SSSR count). The first-order valence-corrected chi connectivity index (χ1v) is 4.32. The summed E-state index contributed by atoms with van der Waals surface area (Å²) in [5.74, 6) is -0.969. The van der Waals surface area contributed by atoms with Gasteiger partial charge in [0.2, 0.25) is 0 Å². The largest absolute Gasteiger partial charge is 0.481 e. The van der Waals surface area contributed by atoms with Crippen molar-refractivity contribution in [2.45, 2.75) is 19.4 Å². The fourth-order valence-electron chi connectivity index (χ4n) is 1.49. The molecule has 0 aromatic carbocycles. The maximum Gasteiger partial charge on any atom is 0.313 e. The standard InChI is InChI=1S/C8H10N4O2/c1-4-10-7-5(8(13)14)2-9-3-6(7)12-11-4/h5,9H,2-3H2,1H3,(H,13,14). The second-order valence-electron chi connectivity index (χ2n) is 3.21. The minimum atomic E-state index is -0.877. The molecule has 1 aromatic heterocycles. The number of hydrogen-bond acceptors (Lipinski definition) is 5. The van der Waals surface area contributed by atoms with Crippen LogP contribution >= 0.6 is 0 Å². The molecule has 1 atom stereocenters. The number of rotatable bonds is 1. The lowest BCUT2D eigenvalue weighted by Crippen LogP contribution is -2.34. The Morgan fingerprint density at radius 1 is 1.57 bits per heavy atom. The van der Waals surface area contributed by atoms with E-state index in [1.165, 1.54) is 0 Å². The number of aromatic nitrogens is 3. The molecule has 1 aliphatic heterocycles. The summed E-state index contributed by atoms with van der Waals surface area (Å²) in [7, 11) is 0. The third-order valence-corrected chi connectivity index (χ3v) is 2.16. The lowest BCUT2D eigenvalue weighted by Gasteiger charge is -2.20. The molecule has 0 radical (unpaired) electrons. The highest BCUT2D eigenvalue weighted by molar-refractivity contribution is 5.76. The van der Waals surface area contributed by atoms with Gasteiger partial charge in [-0.1, -0.05) is 0 Å². The van der Waals surface area contributed by atoms with E-state index < -0.39 is 11.9 Å². The summed E-state index contributed by atoms with van der Waals surface area (Å²) < 4.78 is 0. The highest BCUT2D eigenvalue weighted by atomic mass is 16.4. The van der Waals surface area contributed by atoms with Gasteiger partial charge in [0.25, 0.3) is 0 Å². The quantitative estimate of drug-likeness (QED) is 0.623. The van der Waals surface area contributed by atoms with Gasteiger partial charge in [0.1, 0.15) is 11.7 Å². The van der Waals surface area contributed by atoms with Gasteiger partial charge >= 0.3 is 5.97 Å². The van der Waals surface area contributed by atoms with Crippen molar-refractivity contribution in [1.82, 2.24) is 20.5 Å². The Labute approximate surface area is 80.4 Å². The Kier molecular flexibility index (Phi) is 2.12. The Morgan fingerprint density at radius 2 is 2.36 bits per heavy atom. The fraction of sp³-hybridized carbons (Fsp3) is 0.500. The van der Waals surface area contributed by atoms with Gasteiger partial charge in [0, 0.05) is 13.1 Å². The van der Waals surface area contributed by atoms with Crippen molar-refractivity contribution in [2.75, 3.05) is 6.54 Å². The monoisotopic (exact) mass is 194 g/mol. The number of carboxylic acid groups (broad SMARTS) is 1.